The molecule has 0 saturated heterocycles. The highest BCUT2D eigenvalue weighted by Crippen LogP contribution is 2.22. The summed E-state index contributed by atoms with van der Waals surface area (Å²) < 4.78 is 5.21. The standard InChI is InChI=1S/C12H14N4O/c1-3-9-8-4-13-5-10(8)16-12(15-9)11-6-17-7(2)14-11/h6,13H,3-5H2,1-2H3. The summed E-state index contributed by atoms with van der Waals surface area (Å²) in [6.45, 7) is 5.61. The second kappa shape index (κ2) is 3.92. The van der Waals surface area contributed by atoms with E-state index in [4.69, 9.17) is 4.42 Å². The zero-order valence-corrected chi connectivity index (χ0v) is 9.95. The van der Waals surface area contributed by atoms with Crippen molar-refractivity contribution in [1.82, 2.24) is 20.3 Å². The molecule has 5 nitrogen and oxygen atoms in total. The number of hydrogen-bond donors (Lipinski definition) is 1. The van der Waals surface area contributed by atoms with Crippen LogP contribution in [0.25, 0.3) is 11.5 Å². The largest absolute Gasteiger partial charge is 0.449 e. The Labute approximate surface area is 99.3 Å². The first-order chi connectivity index (χ1) is 8.28. The molecular weight excluding hydrogens is 216 g/mol. The lowest BCUT2D eigenvalue weighted by Gasteiger charge is -2.05. The molecule has 0 fully saturated rings. The van der Waals surface area contributed by atoms with Crippen LogP contribution in [0.1, 0.15) is 29.8 Å². The third-order valence-electron chi connectivity index (χ3n) is 2.96. The van der Waals surface area contributed by atoms with Crippen LogP contribution in [0.5, 0.6) is 0 Å². The molecule has 0 unspecified atom stereocenters. The smallest absolute Gasteiger partial charge is 0.191 e. The van der Waals surface area contributed by atoms with Gasteiger partial charge in [0.25, 0.3) is 0 Å². The van der Waals surface area contributed by atoms with Crippen LogP contribution in [0, 0.1) is 6.92 Å². The second-order valence-corrected chi connectivity index (χ2v) is 4.13. The number of nitrogens with one attached hydrogen (secondary N) is 1. The summed E-state index contributed by atoms with van der Waals surface area (Å²) >= 11 is 0. The molecule has 0 radical (unpaired) electrons. The van der Waals surface area contributed by atoms with E-state index in [0.29, 0.717) is 17.4 Å². The van der Waals surface area contributed by atoms with Gasteiger partial charge in [0.1, 0.15) is 12.0 Å². The molecule has 3 rings (SSSR count). The molecule has 2 aromatic heterocycles. The van der Waals surface area contributed by atoms with Gasteiger partial charge in [-0.1, -0.05) is 6.92 Å². The maximum absolute atomic E-state index is 5.21. The summed E-state index contributed by atoms with van der Waals surface area (Å²) in [7, 11) is 0. The van der Waals surface area contributed by atoms with E-state index >= 15 is 0 Å². The normalized spacial score (nSPS) is 14.0. The number of oxazole rings is 1. The van der Waals surface area contributed by atoms with Gasteiger partial charge in [-0.2, -0.15) is 0 Å². The van der Waals surface area contributed by atoms with Crippen molar-refractivity contribution in [2.45, 2.75) is 33.4 Å². The first kappa shape index (κ1) is 10.4. The molecule has 1 N–H and O–H groups in total. The van der Waals surface area contributed by atoms with E-state index in [1.807, 2.05) is 6.92 Å². The zero-order chi connectivity index (χ0) is 11.8. The van der Waals surface area contributed by atoms with Crippen molar-refractivity contribution in [2.24, 2.45) is 0 Å². The molecule has 2 aromatic rings. The van der Waals surface area contributed by atoms with E-state index in [1.54, 1.807) is 6.26 Å². The lowest BCUT2D eigenvalue weighted by molar-refractivity contribution is 0.521. The van der Waals surface area contributed by atoms with Gasteiger partial charge in [-0.15, -0.1) is 0 Å². The van der Waals surface area contributed by atoms with Gasteiger partial charge in [0.05, 0.1) is 5.69 Å². The Kier molecular flexibility index (Phi) is 2.40. The van der Waals surface area contributed by atoms with Gasteiger partial charge in [0.2, 0.25) is 0 Å². The van der Waals surface area contributed by atoms with Crippen LogP contribution in [0.3, 0.4) is 0 Å². The third-order valence-corrected chi connectivity index (χ3v) is 2.96. The Balaban J connectivity index is 2.12. The first-order valence-electron chi connectivity index (χ1n) is 5.80. The van der Waals surface area contributed by atoms with Gasteiger partial charge in [-0.05, 0) is 6.42 Å². The molecule has 5 heteroatoms. The van der Waals surface area contributed by atoms with Crippen molar-refractivity contribution in [3.63, 3.8) is 0 Å². The third kappa shape index (κ3) is 1.72. The van der Waals surface area contributed by atoms with Crippen LogP contribution in [0.4, 0.5) is 0 Å². The SMILES string of the molecule is CCc1nc(-c2coc(C)n2)nc2c1CNC2. The molecule has 1 aliphatic heterocycles. The van der Waals surface area contributed by atoms with Crippen molar-refractivity contribution >= 4 is 0 Å². The Morgan fingerprint density at radius 1 is 1.29 bits per heavy atom. The Bertz CT molecular complexity index is 562. The second-order valence-electron chi connectivity index (χ2n) is 4.13. The summed E-state index contributed by atoms with van der Waals surface area (Å²) in [6.07, 6.45) is 2.52. The molecule has 0 bridgehead atoms. The first-order valence-corrected chi connectivity index (χ1v) is 5.80. The maximum atomic E-state index is 5.21. The van der Waals surface area contributed by atoms with E-state index in [2.05, 4.69) is 27.2 Å². The van der Waals surface area contributed by atoms with E-state index in [0.717, 1.165) is 30.9 Å². The fraction of sp³-hybridized carbons (Fsp3) is 0.417. The Morgan fingerprint density at radius 2 is 2.18 bits per heavy atom. The van der Waals surface area contributed by atoms with Crippen molar-refractivity contribution in [3.05, 3.63) is 29.1 Å². The predicted octanol–water partition coefficient (Wildman–Crippen LogP) is 1.61. The van der Waals surface area contributed by atoms with Crippen molar-refractivity contribution in [2.75, 3.05) is 0 Å². The maximum Gasteiger partial charge on any atom is 0.191 e. The van der Waals surface area contributed by atoms with E-state index in [-0.39, 0.29) is 0 Å². The lowest BCUT2D eigenvalue weighted by Crippen LogP contribution is -2.02. The molecule has 0 saturated carbocycles. The Morgan fingerprint density at radius 3 is 2.88 bits per heavy atom. The predicted molar refractivity (Wildman–Crippen MR) is 62.2 cm³/mol. The monoisotopic (exact) mass is 230 g/mol. The minimum absolute atomic E-state index is 0.639. The molecule has 88 valence electrons. The van der Waals surface area contributed by atoms with E-state index < -0.39 is 0 Å². The molecule has 0 atom stereocenters. The Hall–Kier alpha value is -1.75. The minimum atomic E-state index is 0.639. The van der Waals surface area contributed by atoms with Crippen molar-refractivity contribution in [1.29, 1.82) is 0 Å². The van der Waals surface area contributed by atoms with Crippen LogP contribution in [-0.4, -0.2) is 15.0 Å². The molecule has 0 spiro atoms. The van der Waals surface area contributed by atoms with Crippen LogP contribution in [-0.2, 0) is 19.5 Å². The average molecular weight is 230 g/mol. The number of nitrogens with zero attached hydrogens (tertiary/aromatic N) is 3. The summed E-state index contributed by atoms with van der Waals surface area (Å²) in [6, 6.07) is 0. The minimum Gasteiger partial charge on any atom is -0.449 e. The van der Waals surface area contributed by atoms with Crippen LogP contribution in [0.15, 0.2) is 10.7 Å². The molecule has 0 amide bonds. The molecule has 1 aliphatic rings. The van der Waals surface area contributed by atoms with Crippen LogP contribution < -0.4 is 5.32 Å². The molecular formula is C12H14N4O. The lowest BCUT2D eigenvalue weighted by atomic mass is 10.1. The molecule has 0 aliphatic carbocycles. The summed E-state index contributed by atoms with van der Waals surface area (Å²) in [5.41, 5.74) is 4.16. The van der Waals surface area contributed by atoms with Gasteiger partial charge in [-0.25, -0.2) is 15.0 Å². The van der Waals surface area contributed by atoms with E-state index in [9.17, 15) is 0 Å². The summed E-state index contributed by atoms with van der Waals surface area (Å²) in [4.78, 5) is 13.4. The molecule has 17 heavy (non-hydrogen) atoms. The summed E-state index contributed by atoms with van der Waals surface area (Å²) in [5.74, 6) is 1.31. The number of fused-ring (bicyclic) bond motifs is 1. The van der Waals surface area contributed by atoms with Crippen LogP contribution in [0.2, 0.25) is 0 Å². The van der Waals surface area contributed by atoms with Crippen molar-refractivity contribution in [3.8, 4) is 11.5 Å². The highest BCUT2D eigenvalue weighted by molar-refractivity contribution is 5.49. The molecule has 3 heterocycles. The van der Waals surface area contributed by atoms with Crippen LogP contribution >= 0.6 is 0 Å². The van der Waals surface area contributed by atoms with Gasteiger partial charge in [0, 0.05) is 31.3 Å². The van der Waals surface area contributed by atoms with Gasteiger partial charge in [0.15, 0.2) is 11.7 Å². The van der Waals surface area contributed by atoms with Gasteiger partial charge in [-0.3, -0.25) is 0 Å². The van der Waals surface area contributed by atoms with Crippen molar-refractivity contribution < 1.29 is 4.42 Å². The number of hydrogen-bond acceptors (Lipinski definition) is 5. The van der Waals surface area contributed by atoms with Gasteiger partial charge < -0.3 is 9.73 Å². The number of aryl methyl sites for hydroxylation is 2. The highest BCUT2D eigenvalue weighted by atomic mass is 16.3. The number of rotatable bonds is 2. The fourth-order valence-corrected chi connectivity index (χ4v) is 2.11. The highest BCUT2D eigenvalue weighted by Gasteiger charge is 2.19. The topological polar surface area (TPSA) is 63.8 Å². The van der Waals surface area contributed by atoms with E-state index in [1.165, 1.54) is 5.56 Å². The quantitative estimate of drug-likeness (QED) is 0.849. The molecule has 0 aromatic carbocycles. The zero-order valence-electron chi connectivity index (χ0n) is 9.95. The fourth-order valence-electron chi connectivity index (χ4n) is 2.11. The van der Waals surface area contributed by atoms with Gasteiger partial charge >= 0.3 is 0 Å². The number of aromatic nitrogens is 3. The average Bonchev–Trinajstić information content (AvgIpc) is 2.95. The summed E-state index contributed by atoms with van der Waals surface area (Å²) in [5, 5.41) is 3.30.